The third kappa shape index (κ3) is 2.57. The Bertz CT molecular complexity index is 1130. The maximum atomic E-state index is 13.6. The summed E-state index contributed by atoms with van der Waals surface area (Å²) < 4.78 is 16.2. The third-order valence-corrected chi connectivity index (χ3v) is 5.23. The van der Waals surface area contributed by atoms with Crippen molar-refractivity contribution in [1.29, 1.82) is 0 Å². The molecule has 0 unspecified atom stereocenters. The average molecular weight is 368 g/mol. The summed E-state index contributed by atoms with van der Waals surface area (Å²) >= 11 is 1.35. The Morgan fingerprint density at radius 1 is 1.38 bits per heavy atom. The van der Waals surface area contributed by atoms with Gasteiger partial charge in [0.2, 0.25) is 5.91 Å². The van der Waals surface area contributed by atoms with Crippen molar-refractivity contribution in [2.45, 2.75) is 12.8 Å². The minimum atomic E-state index is -0.315. The van der Waals surface area contributed by atoms with Crippen molar-refractivity contribution in [3.8, 4) is 17.1 Å². The van der Waals surface area contributed by atoms with Gasteiger partial charge in [-0.1, -0.05) is 23.5 Å². The number of anilines is 1. The summed E-state index contributed by atoms with van der Waals surface area (Å²) in [5.41, 5.74) is 2.01. The summed E-state index contributed by atoms with van der Waals surface area (Å²) in [6.07, 6.45) is 5.16. The molecule has 0 radical (unpaired) electrons. The molecule has 2 N–H and O–H groups in total. The van der Waals surface area contributed by atoms with E-state index in [9.17, 15) is 9.18 Å². The van der Waals surface area contributed by atoms with E-state index in [1.807, 2.05) is 6.07 Å². The molecule has 9 heteroatoms. The van der Waals surface area contributed by atoms with Gasteiger partial charge in [-0.3, -0.25) is 14.5 Å². The van der Waals surface area contributed by atoms with E-state index in [4.69, 9.17) is 0 Å². The van der Waals surface area contributed by atoms with Gasteiger partial charge in [0.05, 0.1) is 11.9 Å². The number of imidazole rings is 1. The predicted molar refractivity (Wildman–Crippen MR) is 95.6 cm³/mol. The SMILES string of the molecule is O=C(Nc1nc2[nH]nc(-n3cncc3-c3cccc(F)c3)c2s1)C1CC1. The highest BCUT2D eigenvalue weighted by Gasteiger charge is 2.30. The molecule has 0 aliphatic heterocycles. The second-order valence-corrected chi connectivity index (χ2v) is 7.17. The fraction of sp³-hybridized carbons (Fsp3) is 0.176. The summed E-state index contributed by atoms with van der Waals surface area (Å²) in [5, 5.41) is 10.6. The molecule has 1 aromatic carbocycles. The number of aromatic amines is 1. The number of fused-ring (bicyclic) bond motifs is 1. The number of amides is 1. The number of halogens is 1. The zero-order valence-electron chi connectivity index (χ0n) is 13.4. The number of hydrogen-bond acceptors (Lipinski definition) is 5. The first-order chi connectivity index (χ1) is 12.7. The Morgan fingerprint density at radius 3 is 3.08 bits per heavy atom. The van der Waals surface area contributed by atoms with E-state index >= 15 is 0 Å². The van der Waals surface area contributed by atoms with Crippen LogP contribution in [0.3, 0.4) is 0 Å². The minimum absolute atomic E-state index is 0.0130. The van der Waals surface area contributed by atoms with Crippen LogP contribution in [0.4, 0.5) is 9.52 Å². The second-order valence-electron chi connectivity index (χ2n) is 6.17. The van der Waals surface area contributed by atoms with Gasteiger partial charge in [0.1, 0.15) is 16.8 Å². The van der Waals surface area contributed by atoms with Crippen LogP contribution in [0, 0.1) is 11.7 Å². The van der Waals surface area contributed by atoms with Crippen LogP contribution in [-0.4, -0.2) is 30.6 Å². The smallest absolute Gasteiger partial charge is 0.229 e. The van der Waals surface area contributed by atoms with Crippen LogP contribution in [0.25, 0.3) is 27.4 Å². The van der Waals surface area contributed by atoms with Crippen LogP contribution in [0.1, 0.15) is 12.8 Å². The minimum Gasteiger partial charge on any atom is -0.302 e. The zero-order chi connectivity index (χ0) is 17.7. The number of benzene rings is 1. The Balaban J connectivity index is 1.54. The van der Waals surface area contributed by atoms with E-state index in [0.29, 0.717) is 22.2 Å². The van der Waals surface area contributed by atoms with Crippen molar-refractivity contribution in [1.82, 2.24) is 24.7 Å². The number of carbonyl (C=O) groups excluding carboxylic acids is 1. The van der Waals surface area contributed by atoms with Crippen LogP contribution in [-0.2, 0) is 4.79 Å². The van der Waals surface area contributed by atoms with Crippen molar-refractivity contribution >= 4 is 32.7 Å². The van der Waals surface area contributed by atoms with Crippen LogP contribution < -0.4 is 5.32 Å². The van der Waals surface area contributed by atoms with Crippen molar-refractivity contribution in [3.63, 3.8) is 0 Å². The monoisotopic (exact) mass is 368 g/mol. The molecule has 130 valence electrons. The lowest BCUT2D eigenvalue weighted by molar-refractivity contribution is -0.117. The Kier molecular flexibility index (Phi) is 3.35. The lowest BCUT2D eigenvalue weighted by Crippen LogP contribution is -2.12. The van der Waals surface area contributed by atoms with E-state index in [1.165, 1.54) is 23.5 Å². The molecule has 1 aliphatic rings. The van der Waals surface area contributed by atoms with Crippen molar-refractivity contribution in [3.05, 3.63) is 42.6 Å². The number of rotatable bonds is 4. The molecule has 0 saturated heterocycles. The van der Waals surface area contributed by atoms with Crippen LogP contribution >= 0.6 is 11.3 Å². The van der Waals surface area contributed by atoms with Gasteiger partial charge in [-0.25, -0.2) is 14.4 Å². The lowest BCUT2D eigenvalue weighted by atomic mass is 10.1. The van der Waals surface area contributed by atoms with E-state index in [-0.39, 0.29) is 17.6 Å². The maximum absolute atomic E-state index is 13.6. The van der Waals surface area contributed by atoms with E-state index in [2.05, 4.69) is 25.5 Å². The number of nitrogens with one attached hydrogen (secondary N) is 2. The van der Waals surface area contributed by atoms with E-state index in [0.717, 1.165) is 23.2 Å². The summed E-state index contributed by atoms with van der Waals surface area (Å²) in [6.45, 7) is 0. The fourth-order valence-electron chi connectivity index (χ4n) is 2.80. The first-order valence-corrected chi connectivity index (χ1v) is 8.95. The summed E-state index contributed by atoms with van der Waals surface area (Å²) in [7, 11) is 0. The number of H-pyrrole nitrogens is 1. The largest absolute Gasteiger partial charge is 0.302 e. The van der Waals surface area contributed by atoms with Crippen LogP contribution in [0.15, 0.2) is 36.8 Å². The molecule has 4 aromatic rings. The van der Waals surface area contributed by atoms with Gasteiger partial charge in [0.15, 0.2) is 16.6 Å². The van der Waals surface area contributed by atoms with Gasteiger partial charge >= 0.3 is 0 Å². The molecule has 3 heterocycles. The zero-order valence-corrected chi connectivity index (χ0v) is 14.3. The van der Waals surface area contributed by atoms with Gasteiger partial charge < -0.3 is 5.32 Å². The summed E-state index contributed by atoms with van der Waals surface area (Å²) in [4.78, 5) is 20.5. The van der Waals surface area contributed by atoms with Gasteiger partial charge in [-0.2, -0.15) is 5.10 Å². The molecule has 7 nitrogen and oxygen atoms in total. The summed E-state index contributed by atoms with van der Waals surface area (Å²) in [6, 6.07) is 6.31. The Hall–Kier alpha value is -3.07. The molecule has 1 amide bonds. The fourth-order valence-corrected chi connectivity index (χ4v) is 3.70. The van der Waals surface area contributed by atoms with Gasteiger partial charge in [0.25, 0.3) is 0 Å². The average Bonchev–Trinajstić information content (AvgIpc) is 3.05. The van der Waals surface area contributed by atoms with Gasteiger partial charge in [0, 0.05) is 11.5 Å². The topological polar surface area (TPSA) is 88.5 Å². The van der Waals surface area contributed by atoms with Gasteiger partial charge in [-0.15, -0.1) is 0 Å². The molecule has 1 saturated carbocycles. The van der Waals surface area contributed by atoms with Crippen LogP contribution in [0.5, 0.6) is 0 Å². The number of thiazole rings is 1. The maximum Gasteiger partial charge on any atom is 0.229 e. The van der Waals surface area contributed by atoms with Crippen molar-refractivity contribution in [2.24, 2.45) is 5.92 Å². The highest BCUT2D eigenvalue weighted by atomic mass is 32.1. The standard InChI is InChI=1S/C17H13FN6OS/c18-11-3-1-2-10(6-11)12-7-19-8-24(12)15-13-14(22-23-15)20-17(26-13)21-16(25)9-4-5-9/h1-3,6-9H,4-5H2,(H2,20,21,22,23,25). The number of nitrogens with zero attached hydrogens (tertiary/aromatic N) is 4. The first-order valence-electron chi connectivity index (χ1n) is 8.13. The highest BCUT2D eigenvalue weighted by molar-refractivity contribution is 7.22. The second kappa shape index (κ2) is 5.73. The number of aromatic nitrogens is 5. The Labute approximate surface area is 150 Å². The molecule has 1 fully saturated rings. The normalized spacial score (nSPS) is 14.0. The molecule has 0 spiro atoms. The van der Waals surface area contributed by atoms with E-state index in [1.54, 1.807) is 23.2 Å². The molecular weight excluding hydrogens is 355 g/mol. The van der Waals surface area contributed by atoms with Crippen molar-refractivity contribution in [2.75, 3.05) is 5.32 Å². The molecule has 5 rings (SSSR count). The molecule has 0 atom stereocenters. The molecule has 3 aromatic heterocycles. The first kappa shape index (κ1) is 15.2. The molecule has 0 bridgehead atoms. The molecular formula is C17H13FN6OS. The van der Waals surface area contributed by atoms with Gasteiger partial charge in [-0.05, 0) is 25.0 Å². The highest BCUT2D eigenvalue weighted by Crippen LogP contribution is 2.34. The lowest BCUT2D eigenvalue weighted by Gasteiger charge is -2.05. The quantitative estimate of drug-likeness (QED) is 0.578. The van der Waals surface area contributed by atoms with Crippen molar-refractivity contribution < 1.29 is 9.18 Å². The molecule has 26 heavy (non-hydrogen) atoms. The van der Waals surface area contributed by atoms with E-state index < -0.39 is 0 Å². The number of carbonyl (C=O) groups is 1. The Morgan fingerprint density at radius 2 is 2.27 bits per heavy atom. The molecule has 1 aliphatic carbocycles. The predicted octanol–water partition coefficient (Wildman–Crippen LogP) is 3.36. The number of hydrogen-bond donors (Lipinski definition) is 2. The summed E-state index contributed by atoms with van der Waals surface area (Å²) in [5.74, 6) is 0.425. The van der Waals surface area contributed by atoms with Crippen LogP contribution in [0.2, 0.25) is 0 Å². The third-order valence-electron chi connectivity index (χ3n) is 4.26.